The highest BCUT2D eigenvalue weighted by atomic mass is 32.1. The Morgan fingerprint density at radius 1 is 1.10 bits per heavy atom. The van der Waals surface area contributed by atoms with Crippen molar-refractivity contribution in [2.45, 2.75) is 122 Å². The van der Waals surface area contributed by atoms with E-state index in [4.69, 9.17) is 22.0 Å². The van der Waals surface area contributed by atoms with Gasteiger partial charge in [-0.1, -0.05) is 51.2 Å². The van der Waals surface area contributed by atoms with E-state index >= 15 is 0 Å². The summed E-state index contributed by atoms with van der Waals surface area (Å²) in [6, 6.07) is 6.83. The van der Waals surface area contributed by atoms with E-state index in [1.165, 1.54) is 31.2 Å². The van der Waals surface area contributed by atoms with Crippen LogP contribution in [0.5, 0.6) is 0 Å². The summed E-state index contributed by atoms with van der Waals surface area (Å²) in [5, 5.41) is 3.44. The second-order valence-corrected chi connectivity index (χ2v) is 15.3. The van der Waals surface area contributed by atoms with Crippen molar-refractivity contribution in [2.24, 2.45) is 17.8 Å². The number of carbonyl (C=O) groups is 1. The molecule has 1 radical (unpaired) electrons. The minimum Gasteiger partial charge on any atom is -0.428 e. The number of carbonyl (C=O) groups excluding carboxylic acids is 1. The Kier molecular flexibility index (Phi) is 10.4. The predicted molar refractivity (Wildman–Crippen MR) is 171 cm³/mol. The van der Waals surface area contributed by atoms with E-state index in [0.717, 1.165) is 80.9 Å². The summed E-state index contributed by atoms with van der Waals surface area (Å²) >= 11 is 4.71. The van der Waals surface area contributed by atoms with Crippen LogP contribution >= 0.6 is 12.6 Å². The number of piperidine rings is 1. The van der Waals surface area contributed by atoms with Gasteiger partial charge in [-0.15, -0.1) is 0 Å². The summed E-state index contributed by atoms with van der Waals surface area (Å²) in [6.45, 7) is 18.8. The van der Waals surface area contributed by atoms with Crippen LogP contribution in [0.15, 0.2) is 18.2 Å². The zero-order valence-electron chi connectivity index (χ0n) is 26.2. The fraction of sp³-hybridized carbons (Fsp3) is 0.788. The van der Waals surface area contributed by atoms with Gasteiger partial charge in [0.2, 0.25) is 5.91 Å². The van der Waals surface area contributed by atoms with Crippen LogP contribution < -0.4 is 15.7 Å². The number of rotatable bonds is 7. The van der Waals surface area contributed by atoms with Crippen molar-refractivity contribution in [3.05, 3.63) is 23.8 Å². The molecule has 1 aliphatic carbocycles. The number of anilines is 1. The summed E-state index contributed by atoms with van der Waals surface area (Å²) in [4.78, 5) is 16.0. The molecule has 1 amide bonds. The van der Waals surface area contributed by atoms with E-state index in [2.05, 4.69) is 76.9 Å². The Hall–Kier alpha value is -1.02. The molecule has 4 aliphatic rings. The molecule has 0 aromatic heterocycles. The number of nitrogens with one attached hydrogen (secondary N) is 1. The Morgan fingerprint density at radius 2 is 1.73 bits per heavy atom. The average molecular weight is 570 g/mol. The van der Waals surface area contributed by atoms with Crippen LogP contribution in [0, 0.1) is 17.8 Å². The molecule has 2 atom stereocenters. The number of hydrogen-bond acceptors (Lipinski definition) is 5. The van der Waals surface area contributed by atoms with Crippen molar-refractivity contribution < 1.29 is 14.2 Å². The van der Waals surface area contributed by atoms with Gasteiger partial charge in [0.15, 0.2) is 0 Å². The molecule has 5 nitrogen and oxygen atoms in total. The van der Waals surface area contributed by atoms with E-state index in [0.29, 0.717) is 11.9 Å². The van der Waals surface area contributed by atoms with Gasteiger partial charge in [-0.2, -0.15) is 12.6 Å². The van der Waals surface area contributed by atoms with Crippen LogP contribution in [0.1, 0.15) is 105 Å². The van der Waals surface area contributed by atoms with Crippen LogP contribution in [-0.2, 0) is 19.6 Å². The smallest absolute Gasteiger partial charge is 0.330 e. The van der Waals surface area contributed by atoms with E-state index in [1.807, 2.05) is 7.48 Å². The average Bonchev–Trinajstić information content (AvgIpc) is 2.98. The molecule has 7 heteroatoms. The van der Waals surface area contributed by atoms with Gasteiger partial charge in [0.25, 0.3) is 0 Å². The minimum absolute atomic E-state index is 0.276. The van der Waals surface area contributed by atoms with Crippen LogP contribution in [0.4, 0.5) is 5.69 Å². The standard InChI is InChI=1S/C25H38BN2O2S.C8H16O/c1-6-7-17-14-19(15-17)28-21-16-18(26-30-23(2,3)24(4,5)31)8-9-20(21)25(22(28)29)10-12-27-13-11-25;1-7-3-4-8(2)6-9-5-7/h8-9,16-17,19,27,31H,6-7,10-15H2,1-5H3;7-8H,3-6H2,1-2H3. The molecule has 1 aromatic carbocycles. The molecule has 2 saturated heterocycles. The van der Waals surface area contributed by atoms with Gasteiger partial charge in [0.05, 0.1) is 11.0 Å². The third-order valence-electron chi connectivity index (χ3n) is 10.1. The van der Waals surface area contributed by atoms with Gasteiger partial charge in [0.1, 0.15) is 0 Å². The molecule has 3 aliphatic heterocycles. The van der Waals surface area contributed by atoms with Crippen molar-refractivity contribution in [2.75, 3.05) is 31.2 Å². The molecule has 223 valence electrons. The summed E-state index contributed by atoms with van der Waals surface area (Å²) < 4.78 is 11.3. The van der Waals surface area contributed by atoms with Gasteiger partial charge < -0.3 is 19.6 Å². The summed E-state index contributed by atoms with van der Waals surface area (Å²) in [5.74, 6) is 2.68. The van der Waals surface area contributed by atoms with Crippen LogP contribution in [0.2, 0.25) is 0 Å². The number of amides is 1. The molecular formula is C33H54BN2O3S. The number of hydrogen-bond donors (Lipinski definition) is 2. The van der Waals surface area contributed by atoms with Crippen molar-refractivity contribution in [3.8, 4) is 0 Å². The number of ether oxygens (including phenoxy) is 1. The summed E-state index contributed by atoms with van der Waals surface area (Å²) in [5.41, 5.74) is 2.60. The second kappa shape index (κ2) is 13.1. The minimum atomic E-state index is -0.414. The zero-order chi connectivity index (χ0) is 29.1. The van der Waals surface area contributed by atoms with Gasteiger partial charge in [-0.25, -0.2) is 0 Å². The predicted octanol–water partition coefficient (Wildman–Crippen LogP) is 6.05. The van der Waals surface area contributed by atoms with Crippen molar-refractivity contribution >= 4 is 37.2 Å². The van der Waals surface area contributed by atoms with Crippen LogP contribution in [-0.4, -0.2) is 56.1 Å². The molecule has 40 heavy (non-hydrogen) atoms. The summed E-state index contributed by atoms with van der Waals surface area (Å²) in [6.07, 6.45) is 9.25. The first-order chi connectivity index (χ1) is 18.9. The largest absolute Gasteiger partial charge is 0.428 e. The molecule has 1 spiro atoms. The fourth-order valence-electron chi connectivity index (χ4n) is 6.50. The number of fused-ring (bicyclic) bond motifs is 2. The molecule has 3 heterocycles. The molecule has 2 unspecified atom stereocenters. The molecule has 5 rings (SSSR count). The maximum atomic E-state index is 13.8. The van der Waals surface area contributed by atoms with Crippen molar-refractivity contribution in [1.82, 2.24) is 5.32 Å². The Labute approximate surface area is 250 Å². The van der Waals surface area contributed by atoms with Gasteiger partial charge in [-0.05, 0) is 109 Å². The maximum Gasteiger partial charge on any atom is 0.330 e. The highest BCUT2D eigenvalue weighted by Gasteiger charge is 2.54. The Balaban J connectivity index is 0.000000350. The van der Waals surface area contributed by atoms with E-state index in [1.54, 1.807) is 0 Å². The molecular weight excluding hydrogens is 515 g/mol. The van der Waals surface area contributed by atoms with Gasteiger partial charge in [-0.3, -0.25) is 4.79 Å². The number of nitrogens with zero attached hydrogens (tertiary/aromatic N) is 1. The molecule has 1 aromatic rings. The molecule has 3 fully saturated rings. The van der Waals surface area contributed by atoms with Gasteiger partial charge in [0, 0.05) is 29.7 Å². The lowest BCUT2D eigenvalue weighted by Gasteiger charge is -2.43. The maximum absolute atomic E-state index is 13.8. The monoisotopic (exact) mass is 569 g/mol. The topological polar surface area (TPSA) is 50.8 Å². The molecule has 0 bridgehead atoms. The normalized spacial score (nSPS) is 28.3. The van der Waals surface area contributed by atoms with E-state index in [9.17, 15) is 4.79 Å². The lowest BCUT2D eigenvalue weighted by Crippen LogP contribution is -2.53. The quantitative estimate of drug-likeness (QED) is 0.310. The third kappa shape index (κ3) is 6.95. The Bertz CT molecular complexity index is 988. The fourth-order valence-corrected chi connectivity index (χ4v) is 6.55. The second-order valence-electron chi connectivity index (χ2n) is 14.2. The highest BCUT2D eigenvalue weighted by Crippen LogP contribution is 2.50. The van der Waals surface area contributed by atoms with E-state index < -0.39 is 5.60 Å². The van der Waals surface area contributed by atoms with E-state index in [-0.39, 0.29) is 10.2 Å². The van der Waals surface area contributed by atoms with Crippen molar-refractivity contribution in [1.29, 1.82) is 0 Å². The third-order valence-corrected chi connectivity index (χ3v) is 10.6. The first kappa shape index (κ1) is 31.9. The van der Waals surface area contributed by atoms with Crippen molar-refractivity contribution in [3.63, 3.8) is 0 Å². The first-order valence-corrected chi connectivity index (χ1v) is 16.3. The Morgan fingerprint density at radius 3 is 2.30 bits per heavy atom. The molecule has 1 N–H and O–H groups in total. The highest BCUT2D eigenvalue weighted by molar-refractivity contribution is 7.81. The SMILES string of the molecule is CC1CCC(C)COC1.CCCC1CC(N2C(=O)C3(CCNCC3)c3ccc([B]OC(C)(C)C(C)(C)S)cc32)C1. The number of thiol groups is 1. The lowest BCUT2D eigenvalue weighted by atomic mass is 9.73. The van der Waals surface area contributed by atoms with Crippen LogP contribution in [0.3, 0.4) is 0 Å². The zero-order valence-corrected chi connectivity index (χ0v) is 27.1. The lowest BCUT2D eigenvalue weighted by molar-refractivity contribution is -0.125. The number of benzene rings is 1. The molecule has 1 saturated carbocycles. The summed E-state index contributed by atoms with van der Waals surface area (Å²) in [7, 11) is 1.84. The first-order valence-electron chi connectivity index (χ1n) is 15.9. The van der Waals surface area contributed by atoms with Gasteiger partial charge >= 0.3 is 7.48 Å². The van der Waals surface area contributed by atoms with Crippen LogP contribution in [0.25, 0.3) is 0 Å².